The molecule has 0 aliphatic heterocycles. The predicted octanol–water partition coefficient (Wildman–Crippen LogP) is 3.11. The van der Waals surface area contributed by atoms with Gasteiger partial charge in [0.25, 0.3) is 0 Å². The molecule has 1 fully saturated rings. The van der Waals surface area contributed by atoms with Crippen LogP contribution < -0.4 is 10.6 Å². The first-order chi connectivity index (χ1) is 9.97. The maximum Gasteiger partial charge on any atom is 0.408 e. The molecule has 8 heteroatoms. The second-order valence-electron chi connectivity index (χ2n) is 5.14. The van der Waals surface area contributed by atoms with Gasteiger partial charge >= 0.3 is 12.2 Å². The number of hydrogen-bond donors (Lipinski definition) is 2. The van der Waals surface area contributed by atoms with Crippen LogP contribution in [0.5, 0.6) is 0 Å². The first-order valence-electron chi connectivity index (χ1n) is 6.96. The van der Waals surface area contributed by atoms with E-state index in [0.717, 1.165) is 17.8 Å². The molecule has 1 aliphatic rings. The van der Waals surface area contributed by atoms with Crippen LogP contribution in [0.1, 0.15) is 30.7 Å². The Kier molecular flexibility index (Phi) is 5.44. The summed E-state index contributed by atoms with van der Waals surface area (Å²) in [6.45, 7) is 0.272. The fourth-order valence-electron chi connectivity index (χ4n) is 2.61. The molecule has 1 saturated carbocycles. The Labute approximate surface area is 125 Å². The predicted molar refractivity (Wildman–Crippen MR) is 74.2 cm³/mol. The summed E-state index contributed by atoms with van der Waals surface area (Å²) < 4.78 is 39.1. The molecule has 1 unspecified atom stereocenters. The molecule has 21 heavy (non-hydrogen) atoms. The van der Waals surface area contributed by atoms with Gasteiger partial charge < -0.3 is 10.6 Å². The third kappa shape index (κ3) is 4.87. The van der Waals surface area contributed by atoms with E-state index in [-0.39, 0.29) is 6.54 Å². The monoisotopic (exact) mass is 321 g/mol. The Morgan fingerprint density at radius 1 is 1.43 bits per heavy atom. The molecule has 4 nitrogen and oxygen atoms in total. The zero-order valence-electron chi connectivity index (χ0n) is 11.4. The van der Waals surface area contributed by atoms with E-state index in [0.29, 0.717) is 19.3 Å². The molecular formula is C13H18F3N3OS. The van der Waals surface area contributed by atoms with Crippen LogP contribution in [-0.4, -0.2) is 29.8 Å². The lowest BCUT2D eigenvalue weighted by Crippen LogP contribution is -2.52. The number of nitrogens with one attached hydrogen (secondary N) is 2. The number of hydrogen-bond acceptors (Lipinski definition) is 3. The highest BCUT2D eigenvalue weighted by molar-refractivity contribution is 7.09. The molecule has 0 bridgehead atoms. The number of urea groups is 1. The van der Waals surface area contributed by atoms with E-state index >= 15 is 0 Å². The summed E-state index contributed by atoms with van der Waals surface area (Å²) in [5.41, 5.74) is 0. The molecule has 0 saturated heterocycles. The molecule has 1 aromatic rings. The van der Waals surface area contributed by atoms with Crippen molar-refractivity contribution >= 4 is 17.4 Å². The maximum absolute atomic E-state index is 13.0. The quantitative estimate of drug-likeness (QED) is 0.875. The molecular weight excluding hydrogens is 303 g/mol. The first-order valence-corrected chi connectivity index (χ1v) is 7.84. The third-order valence-corrected chi connectivity index (χ3v) is 4.46. The molecule has 0 aromatic carbocycles. The highest BCUT2D eigenvalue weighted by Gasteiger charge is 2.46. The molecule has 2 amide bonds. The SMILES string of the molecule is O=C(NCCc1nccs1)NC(C1CCCC1)C(F)(F)F. The summed E-state index contributed by atoms with van der Waals surface area (Å²) in [6, 6.07) is -2.51. The van der Waals surface area contributed by atoms with Gasteiger partial charge in [0.15, 0.2) is 0 Å². The Balaban J connectivity index is 1.80. The molecule has 1 atom stereocenters. The lowest BCUT2D eigenvalue weighted by atomic mass is 9.98. The van der Waals surface area contributed by atoms with Crippen molar-refractivity contribution in [3.8, 4) is 0 Å². The fraction of sp³-hybridized carbons (Fsp3) is 0.692. The average molecular weight is 321 g/mol. The second-order valence-corrected chi connectivity index (χ2v) is 6.12. The van der Waals surface area contributed by atoms with Crippen LogP contribution >= 0.6 is 11.3 Å². The van der Waals surface area contributed by atoms with Crippen molar-refractivity contribution in [1.29, 1.82) is 0 Å². The van der Waals surface area contributed by atoms with Crippen molar-refractivity contribution in [3.63, 3.8) is 0 Å². The van der Waals surface area contributed by atoms with E-state index in [1.807, 2.05) is 5.38 Å². The smallest absolute Gasteiger partial charge is 0.338 e. The van der Waals surface area contributed by atoms with Gasteiger partial charge in [-0.1, -0.05) is 12.8 Å². The maximum atomic E-state index is 13.0. The number of carbonyl (C=O) groups excluding carboxylic acids is 1. The van der Waals surface area contributed by atoms with Gasteiger partial charge in [-0.05, 0) is 18.8 Å². The number of halogens is 3. The first kappa shape index (κ1) is 16.1. The van der Waals surface area contributed by atoms with E-state index in [4.69, 9.17) is 0 Å². The Morgan fingerprint density at radius 3 is 2.71 bits per heavy atom. The number of thiazole rings is 1. The van der Waals surface area contributed by atoms with Crippen molar-refractivity contribution in [2.75, 3.05) is 6.54 Å². The standard InChI is InChI=1S/C13H18F3N3OS/c14-13(15,16)11(9-3-1-2-4-9)19-12(20)18-6-5-10-17-7-8-21-10/h7-9,11H,1-6H2,(H2,18,19,20). The fourth-order valence-corrected chi connectivity index (χ4v) is 3.23. The largest absolute Gasteiger partial charge is 0.408 e. The van der Waals surface area contributed by atoms with E-state index < -0.39 is 24.2 Å². The van der Waals surface area contributed by atoms with Gasteiger partial charge in [0.1, 0.15) is 6.04 Å². The molecule has 0 spiro atoms. The van der Waals surface area contributed by atoms with Crippen LogP contribution in [0.3, 0.4) is 0 Å². The Bertz CT molecular complexity index is 444. The minimum Gasteiger partial charge on any atom is -0.338 e. The van der Waals surface area contributed by atoms with Crippen molar-refractivity contribution in [3.05, 3.63) is 16.6 Å². The molecule has 1 heterocycles. The molecule has 0 radical (unpaired) electrons. The lowest BCUT2D eigenvalue weighted by Gasteiger charge is -2.27. The van der Waals surface area contributed by atoms with Gasteiger partial charge in [-0.2, -0.15) is 13.2 Å². The Hall–Kier alpha value is -1.31. The number of nitrogens with zero attached hydrogens (tertiary/aromatic N) is 1. The van der Waals surface area contributed by atoms with Gasteiger partial charge in [0, 0.05) is 24.5 Å². The number of amides is 2. The zero-order valence-corrected chi connectivity index (χ0v) is 12.3. The number of alkyl halides is 3. The van der Waals surface area contributed by atoms with Crippen molar-refractivity contribution in [2.24, 2.45) is 5.92 Å². The third-order valence-electron chi connectivity index (χ3n) is 3.62. The van der Waals surface area contributed by atoms with Crippen LogP contribution in [0.4, 0.5) is 18.0 Å². The van der Waals surface area contributed by atoms with Crippen LogP contribution in [-0.2, 0) is 6.42 Å². The van der Waals surface area contributed by atoms with Gasteiger partial charge in [0.2, 0.25) is 0 Å². The molecule has 2 N–H and O–H groups in total. The summed E-state index contributed by atoms with van der Waals surface area (Å²) in [5.74, 6) is -0.505. The van der Waals surface area contributed by atoms with Crippen molar-refractivity contribution < 1.29 is 18.0 Å². The zero-order chi connectivity index (χ0) is 15.3. The van der Waals surface area contributed by atoms with Crippen molar-refractivity contribution in [2.45, 2.75) is 44.3 Å². The number of carbonyl (C=O) groups is 1. The minimum absolute atomic E-state index is 0.272. The topological polar surface area (TPSA) is 54.0 Å². The van der Waals surface area contributed by atoms with Crippen molar-refractivity contribution in [1.82, 2.24) is 15.6 Å². The van der Waals surface area contributed by atoms with Crippen LogP contribution in [0.2, 0.25) is 0 Å². The highest BCUT2D eigenvalue weighted by atomic mass is 32.1. The molecule has 1 aromatic heterocycles. The van der Waals surface area contributed by atoms with Crippen LogP contribution in [0.15, 0.2) is 11.6 Å². The number of rotatable bonds is 5. The Morgan fingerprint density at radius 2 is 2.14 bits per heavy atom. The average Bonchev–Trinajstić information content (AvgIpc) is 3.07. The molecule has 2 rings (SSSR count). The molecule has 1 aliphatic carbocycles. The second kappa shape index (κ2) is 7.11. The van der Waals surface area contributed by atoms with Gasteiger partial charge in [-0.15, -0.1) is 11.3 Å². The van der Waals surface area contributed by atoms with E-state index in [1.165, 1.54) is 11.3 Å². The summed E-state index contributed by atoms with van der Waals surface area (Å²) in [5, 5.41) is 7.21. The minimum atomic E-state index is -4.40. The lowest BCUT2D eigenvalue weighted by molar-refractivity contribution is -0.164. The van der Waals surface area contributed by atoms with E-state index in [1.54, 1.807) is 6.20 Å². The van der Waals surface area contributed by atoms with E-state index in [2.05, 4.69) is 15.6 Å². The van der Waals surface area contributed by atoms with E-state index in [9.17, 15) is 18.0 Å². The number of aromatic nitrogens is 1. The van der Waals surface area contributed by atoms with Gasteiger partial charge in [0.05, 0.1) is 5.01 Å². The summed E-state index contributed by atoms with van der Waals surface area (Å²) in [7, 11) is 0. The van der Waals surface area contributed by atoms with Gasteiger partial charge in [-0.25, -0.2) is 9.78 Å². The highest BCUT2D eigenvalue weighted by Crippen LogP contribution is 2.35. The van der Waals surface area contributed by atoms with Gasteiger partial charge in [-0.3, -0.25) is 0 Å². The summed E-state index contributed by atoms with van der Waals surface area (Å²) in [4.78, 5) is 15.7. The summed E-state index contributed by atoms with van der Waals surface area (Å²) in [6.07, 6.45) is 0.398. The van der Waals surface area contributed by atoms with Crippen LogP contribution in [0.25, 0.3) is 0 Å². The normalized spacial score (nSPS) is 17.7. The van der Waals surface area contributed by atoms with Crippen LogP contribution in [0, 0.1) is 5.92 Å². The summed E-state index contributed by atoms with van der Waals surface area (Å²) >= 11 is 1.45. The molecule has 118 valence electrons.